The van der Waals surface area contributed by atoms with E-state index in [4.69, 9.17) is 0 Å². The van der Waals surface area contributed by atoms with Gasteiger partial charge in [-0.15, -0.1) is 0 Å². The molecule has 1 atom stereocenters. The average molecular weight is 471 g/mol. The van der Waals surface area contributed by atoms with E-state index in [0.29, 0.717) is 24.2 Å². The van der Waals surface area contributed by atoms with Gasteiger partial charge < -0.3 is 15.5 Å². The second-order valence-electron chi connectivity index (χ2n) is 7.14. The van der Waals surface area contributed by atoms with E-state index in [9.17, 15) is 19.2 Å². The number of carbonyl (C=O) groups excluding carboxylic acids is 4. The lowest BCUT2D eigenvalue weighted by Crippen LogP contribution is -2.33. The zero-order chi connectivity index (χ0) is 21.3. The van der Waals surface area contributed by atoms with E-state index >= 15 is 0 Å². The number of rotatable bonds is 5. The topological polar surface area (TPSA) is 98.8 Å². The number of nitrogens with one attached hydrogen (secondary N) is 2. The van der Waals surface area contributed by atoms with Crippen LogP contribution >= 0.6 is 15.9 Å². The molecule has 0 aliphatic carbocycles. The van der Waals surface area contributed by atoms with Gasteiger partial charge in [0, 0.05) is 22.4 Å². The highest BCUT2D eigenvalue weighted by atomic mass is 79.9. The number of urea groups is 1. The monoisotopic (exact) mass is 470 g/mol. The third-order valence-corrected chi connectivity index (χ3v) is 5.61. The number of hydrogen-bond acceptors (Lipinski definition) is 4. The molecule has 2 aromatic carbocycles. The van der Waals surface area contributed by atoms with Gasteiger partial charge in [0.05, 0.1) is 13.1 Å². The number of nitrogens with zero attached hydrogens (tertiary/aromatic N) is 2. The minimum atomic E-state index is -0.765. The second kappa shape index (κ2) is 8.27. The Balaban J connectivity index is 1.42. The fourth-order valence-electron chi connectivity index (χ4n) is 3.60. The maximum absolute atomic E-state index is 12.8. The van der Waals surface area contributed by atoms with Crippen LogP contribution in [0.2, 0.25) is 0 Å². The fourth-order valence-corrected chi connectivity index (χ4v) is 3.99. The first kappa shape index (κ1) is 20.1. The van der Waals surface area contributed by atoms with Gasteiger partial charge in [-0.1, -0.05) is 34.1 Å². The first-order chi connectivity index (χ1) is 14.4. The quantitative estimate of drug-likeness (QED) is 0.517. The molecule has 2 N–H and O–H groups in total. The minimum absolute atomic E-state index is 0.00641. The van der Waals surface area contributed by atoms with Gasteiger partial charge in [0.25, 0.3) is 0 Å². The normalized spacial score (nSPS) is 18.7. The van der Waals surface area contributed by atoms with Crippen molar-refractivity contribution in [2.75, 3.05) is 23.3 Å². The minimum Gasteiger partial charge on any atom is -0.329 e. The predicted octanol–water partition coefficient (Wildman–Crippen LogP) is 2.49. The summed E-state index contributed by atoms with van der Waals surface area (Å²) in [5, 5.41) is 5.26. The van der Waals surface area contributed by atoms with Gasteiger partial charge in [0.2, 0.25) is 17.7 Å². The van der Waals surface area contributed by atoms with Crippen LogP contribution in [-0.4, -0.2) is 41.7 Å². The van der Waals surface area contributed by atoms with Gasteiger partial charge in [-0.3, -0.25) is 19.3 Å². The molecule has 9 heteroatoms. The van der Waals surface area contributed by atoms with Crippen molar-refractivity contribution in [2.24, 2.45) is 5.92 Å². The van der Waals surface area contributed by atoms with Crippen LogP contribution in [0.25, 0.3) is 0 Å². The summed E-state index contributed by atoms with van der Waals surface area (Å²) in [7, 11) is 0. The van der Waals surface area contributed by atoms with Crippen molar-refractivity contribution >= 4 is 51.1 Å². The Kier molecular flexibility index (Phi) is 5.54. The van der Waals surface area contributed by atoms with Gasteiger partial charge in [-0.25, -0.2) is 4.79 Å². The maximum atomic E-state index is 12.8. The molecule has 5 amide bonds. The van der Waals surface area contributed by atoms with Crippen LogP contribution in [0.5, 0.6) is 0 Å². The molecule has 2 aliphatic heterocycles. The zero-order valence-corrected chi connectivity index (χ0v) is 17.5. The lowest BCUT2D eigenvalue weighted by molar-refractivity contribution is -0.129. The smallest absolute Gasteiger partial charge is 0.324 e. The molecule has 0 aromatic heterocycles. The molecular formula is C21H19BrN4O4. The molecular weight excluding hydrogens is 452 g/mol. The lowest BCUT2D eigenvalue weighted by Gasteiger charge is -2.17. The molecule has 2 aliphatic rings. The molecule has 2 aromatic rings. The molecule has 0 spiro atoms. The summed E-state index contributed by atoms with van der Waals surface area (Å²) < 4.78 is 0.864. The van der Waals surface area contributed by atoms with Gasteiger partial charge in [0.15, 0.2) is 0 Å². The number of carbonyl (C=O) groups is 4. The fraction of sp³-hybridized carbons (Fsp3) is 0.238. The molecule has 2 saturated heterocycles. The molecule has 30 heavy (non-hydrogen) atoms. The van der Waals surface area contributed by atoms with Crippen molar-refractivity contribution < 1.29 is 19.2 Å². The van der Waals surface area contributed by atoms with Crippen molar-refractivity contribution in [1.82, 2.24) is 10.2 Å². The largest absolute Gasteiger partial charge is 0.329 e. The van der Waals surface area contributed by atoms with Crippen LogP contribution in [-0.2, 0) is 20.9 Å². The van der Waals surface area contributed by atoms with Crippen molar-refractivity contribution in [2.45, 2.75) is 13.0 Å². The first-order valence-electron chi connectivity index (χ1n) is 9.47. The summed E-state index contributed by atoms with van der Waals surface area (Å²) in [6, 6.07) is 13.9. The third kappa shape index (κ3) is 4.06. The number of benzene rings is 2. The molecule has 4 rings (SSSR count). The summed E-state index contributed by atoms with van der Waals surface area (Å²) in [4.78, 5) is 51.7. The van der Waals surface area contributed by atoms with Crippen LogP contribution in [0.15, 0.2) is 53.0 Å². The number of anilines is 2. The maximum Gasteiger partial charge on any atom is 0.324 e. The van der Waals surface area contributed by atoms with E-state index in [1.165, 1.54) is 0 Å². The Bertz CT molecular complexity index is 1030. The molecule has 0 bridgehead atoms. The Hall–Kier alpha value is -3.20. The lowest BCUT2D eigenvalue weighted by atomic mass is 10.1. The Morgan fingerprint density at radius 3 is 2.67 bits per heavy atom. The van der Waals surface area contributed by atoms with Crippen molar-refractivity contribution in [3.05, 3.63) is 58.6 Å². The highest BCUT2D eigenvalue weighted by molar-refractivity contribution is 9.10. The van der Waals surface area contributed by atoms with Gasteiger partial charge in [0.1, 0.15) is 5.92 Å². The Morgan fingerprint density at radius 1 is 1.13 bits per heavy atom. The molecule has 2 heterocycles. The predicted molar refractivity (Wildman–Crippen MR) is 114 cm³/mol. The molecule has 0 saturated carbocycles. The van der Waals surface area contributed by atoms with Crippen molar-refractivity contribution in [1.29, 1.82) is 0 Å². The molecule has 154 valence electrons. The SMILES string of the molecule is O=C(Nc1cccc(CN2C(=O)CNC2=O)c1)C1CCN(c2cccc(Br)c2)C1=O. The van der Waals surface area contributed by atoms with Crippen LogP contribution in [0.4, 0.5) is 16.2 Å². The number of imide groups is 1. The number of amides is 5. The van der Waals surface area contributed by atoms with Crippen LogP contribution < -0.4 is 15.5 Å². The van der Waals surface area contributed by atoms with E-state index < -0.39 is 11.9 Å². The first-order valence-corrected chi connectivity index (χ1v) is 10.3. The highest BCUT2D eigenvalue weighted by Crippen LogP contribution is 2.28. The third-order valence-electron chi connectivity index (χ3n) is 5.11. The van der Waals surface area contributed by atoms with Crippen LogP contribution in [0.1, 0.15) is 12.0 Å². The summed E-state index contributed by atoms with van der Waals surface area (Å²) in [6.45, 7) is 0.584. The average Bonchev–Trinajstić information content (AvgIpc) is 3.25. The molecule has 1 unspecified atom stereocenters. The van der Waals surface area contributed by atoms with Crippen molar-refractivity contribution in [3.63, 3.8) is 0 Å². The standard InChI is InChI=1S/C21H19BrN4O4/c22-14-4-2-6-16(10-14)25-8-7-17(20(25)29)19(28)24-15-5-1-3-13(9-15)12-26-18(27)11-23-21(26)30/h1-6,9-10,17H,7-8,11-12H2,(H,23,30)(H,24,28). The summed E-state index contributed by atoms with van der Waals surface area (Å²) in [5.74, 6) is -1.66. The molecule has 0 radical (unpaired) electrons. The van der Waals surface area contributed by atoms with Crippen molar-refractivity contribution in [3.8, 4) is 0 Å². The molecule has 8 nitrogen and oxygen atoms in total. The summed E-state index contributed by atoms with van der Waals surface area (Å²) in [5.41, 5.74) is 1.96. The summed E-state index contributed by atoms with van der Waals surface area (Å²) in [6.07, 6.45) is 0.430. The second-order valence-corrected chi connectivity index (χ2v) is 8.05. The van der Waals surface area contributed by atoms with Gasteiger partial charge in [-0.05, 0) is 42.3 Å². The Morgan fingerprint density at radius 2 is 1.93 bits per heavy atom. The summed E-state index contributed by atoms with van der Waals surface area (Å²) >= 11 is 3.40. The number of halogens is 1. The van der Waals surface area contributed by atoms with Crippen LogP contribution in [0, 0.1) is 5.92 Å². The van der Waals surface area contributed by atoms with E-state index in [-0.39, 0.29) is 30.8 Å². The van der Waals surface area contributed by atoms with Gasteiger partial charge >= 0.3 is 6.03 Å². The van der Waals surface area contributed by atoms with E-state index in [1.54, 1.807) is 29.2 Å². The van der Waals surface area contributed by atoms with Gasteiger partial charge in [-0.2, -0.15) is 0 Å². The van der Waals surface area contributed by atoms with E-state index in [2.05, 4.69) is 26.6 Å². The zero-order valence-electron chi connectivity index (χ0n) is 15.9. The van der Waals surface area contributed by atoms with E-state index in [0.717, 1.165) is 15.1 Å². The molecule has 2 fully saturated rings. The van der Waals surface area contributed by atoms with Crippen LogP contribution in [0.3, 0.4) is 0 Å². The highest BCUT2D eigenvalue weighted by Gasteiger charge is 2.37. The van der Waals surface area contributed by atoms with E-state index in [1.807, 2.05) is 24.3 Å². The number of hydrogen-bond donors (Lipinski definition) is 2. The Labute approximate surface area is 181 Å².